The summed E-state index contributed by atoms with van der Waals surface area (Å²) in [6.45, 7) is 13.6. The van der Waals surface area contributed by atoms with Crippen molar-refractivity contribution in [3.8, 4) is 0 Å². The van der Waals surface area contributed by atoms with Crippen LogP contribution in [0.4, 0.5) is 5.82 Å². The fourth-order valence-corrected chi connectivity index (χ4v) is 2.68. The second-order valence-electron chi connectivity index (χ2n) is 6.31. The van der Waals surface area contributed by atoms with Crippen LogP contribution >= 0.6 is 0 Å². The summed E-state index contributed by atoms with van der Waals surface area (Å²) in [5.74, 6) is 0.786. The third-order valence-corrected chi connectivity index (χ3v) is 4.07. The van der Waals surface area contributed by atoms with E-state index in [4.69, 9.17) is 10.5 Å². The predicted octanol–water partition coefficient (Wildman–Crippen LogP) is 3.94. The van der Waals surface area contributed by atoms with E-state index in [1.807, 2.05) is 18.4 Å². The number of hydrogen-bond donors (Lipinski definition) is 5. The van der Waals surface area contributed by atoms with Crippen molar-refractivity contribution in [3.63, 3.8) is 0 Å². The number of H-pyrrole nitrogens is 1. The Morgan fingerprint density at radius 3 is 2.62 bits per heavy atom. The summed E-state index contributed by atoms with van der Waals surface area (Å²) >= 11 is 0. The molecule has 142 valence electrons. The highest BCUT2D eigenvalue weighted by Gasteiger charge is 2.18. The number of nitrogens with zero attached hydrogens (tertiary/aromatic N) is 1. The zero-order chi connectivity index (χ0) is 19.5. The number of aliphatic hydroxyl groups excluding tert-OH is 1. The second-order valence-corrected chi connectivity index (χ2v) is 6.31. The van der Waals surface area contributed by atoms with Crippen molar-refractivity contribution >= 4 is 17.6 Å². The number of aromatic amines is 1. The first kappa shape index (κ1) is 21.4. The number of allylic oxidation sites excluding steroid dienone is 3. The third-order valence-electron chi connectivity index (χ3n) is 4.07. The Kier molecular flexibility index (Phi) is 9.15. The highest BCUT2D eigenvalue weighted by molar-refractivity contribution is 6.08. The molecule has 0 fully saturated rings. The maximum absolute atomic E-state index is 9.14. The summed E-state index contributed by atoms with van der Waals surface area (Å²) in [6, 6.07) is 0.0999. The van der Waals surface area contributed by atoms with Crippen molar-refractivity contribution in [1.29, 1.82) is 5.41 Å². The minimum absolute atomic E-state index is 0.0999. The molecule has 0 saturated heterocycles. The van der Waals surface area contributed by atoms with Gasteiger partial charge < -0.3 is 21.1 Å². The lowest BCUT2D eigenvalue weighted by molar-refractivity contribution is 0.325. The Labute approximate surface area is 156 Å². The fourth-order valence-electron chi connectivity index (χ4n) is 2.68. The minimum Gasteiger partial charge on any atom is -0.384 e. The summed E-state index contributed by atoms with van der Waals surface area (Å²) in [6.07, 6.45) is 10.6. The molecule has 0 radical (unpaired) electrons. The Balaban J connectivity index is 3.15. The molecule has 1 unspecified atom stereocenters. The molecule has 26 heavy (non-hydrogen) atoms. The van der Waals surface area contributed by atoms with Crippen molar-refractivity contribution in [2.24, 2.45) is 0 Å². The molecule has 1 aromatic heterocycles. The molecular weight excluding hydrogens is 326 g/mol. The van der Waals surface area contributed by atoms with Crippen LogP contribution in [0.25, 0.3) is 5.57 Å². The van der Waals surface area contributed by atoms with Crippen LogP contribution in [0, 0.1) is 5.41 Å². The van der Waals surface area contributed by atoms with Gasteiger partial charge in [0, 0.05) is 29.6 Å². The highest BCUT2D eigenvalue weighted by Crippen LogP contribution is 2.29. The second kappa shape index (κ2) is 11.1. The molecule has 1 rings (SSSR count). The summed E-state index contributed by atoms with van der Waals surface area (Å²) in [4.78, 5) is 0. The largest absolute Gasteiger partial charge is 0.384 e. The van der Waals surface area contributed by atoms with Crippen LogP contribution in [-0.2, 0) is 0 Å². The molecule has 5 N–H and O–H groups in total. The van der Waals surface area contributed by atoms with Crippen molar-refractivity contribution in [2.45, 2.75) is 45.6 Å². The lowest BCUT2D eigenvalue weighted by Gasteiger charge is -2.18. The van der Waals surface area contributed by atoms with E-state index < -0.39 is 0 Å². The number of hydrogen-bond acceptors (Lipinski definition) is 5. The van der Waals surface area contributed by atoms with Crippen LogP contribution in [0.1, 0.15) is 50.8 Å². The standard InChI is InChI=1S/C20H31N5O/c1-6-8-10-15(5)17(9-7-2)22-12-16(11-21)19-18(14(3)4)20(23-13-26)25-24-19/h6-7,10-12,14,17,21-22,26H,1-2,8-9,13H2,3-5H3,(H2,23,24,25)/b15-10+,16-12+,21-11?. The van der Waals surface area contributed by atoms with Crippen molar-refractivity contribution in [2.75, 3.05) is 12.0 Å². The predicted molar refractivity (Wildman–Crippen MR) is 110 cm³/mol. The molecule has 0 saturated carbocycles. The fraction of sp³-hybridized carbons (Fsp3) is 0.400. The first-order chi connectivity index (χ1) is 12.5. The number of rotatable bonds is 12. The van der Waals surface area contributed by atoms with Crippen molar-refractivity contribution in [1.82, 2.24) is 15.5 Å². The molecule has 6 heteroatoms. The third kappa shape index (κ3) is 5.74. The van der Waals surface area contributed by atoms with Gasteiger partial charge in [0.25, 0.3) is 0 Å². The normalized spacial score (nSPS) is 13.4. The van der Waals surface area contributed by atoms with Gasteiger partial charge in [0.05, 0.1) is 5.69 Å². The van der Waals surface area contributed by atoms with Gasteiger partial charge in [0.1, 0.15) is 6.73 Å². The maximum Gasteiger partial charge on any atom is 0.153 e. The van der Waals surface area contributed by atoms with Crippen molar-refractivity contribution in [3.05, 3.63) is 54.4 Å². The lowest BCUT2D eigenvalue weighted by Crippen LogP contribution is -2.25. The van der Waals surface area contributed by atoms with E-state index in [1.54, 1.807) is 0 Å². The van der Waals surface area contributed by atoms with Crippen LogP contribution < -0.4 is 10.6 Å². The van der Waals surface area contributed by atoms with Gasteiger partial charge in [-0.1, -0.05) is 37.6 Å². The zero-order valence-corrected chi connectivity index (χ0v) is 16.0. The highest BCUT2D eigenvalue weighted by atomic mass is 16.3. The van der Waals surface area contributed by atoms with Gasteiger partial charge in [-0.3, -0.25) is 5.10 Å². The van der Waals surface area contributed by atoms with Gasteiger partial charge in [-0.2, -0.15) is 5.10 Å². The average molecular weight is 358 g/mol. The number of aromatic nitrogens is 2. The molecule has 0 amide bonds. The number of anilines is 1. The summed E-state index contributed by atoms with van der Waals surface area (Å²) in [7, 11) is 0. The van der Waals surface area contributed by atoms with Gasteiger partial charge in [-0.15, -0.1) is 13.2 Å². The minimum atomic E-state index is -0.194. The maximum atomic E-state index is 9.14. The first-order valence-electron chi connectivity index (χ1n) is 8.78. The molecule has 0 aliphatic heterocycles. The van der Waals surface area contributed by atoms with Gasteiger partial charge in [-0.05, 0) is 25.7 Å². The number of nitrogens with one attached hydrogen (secondary N) is 4. The van der Waals surface area contributed by atoms with E-state index in [9.17, 15) is 0 Å². The Morgan fingerprint density at radius 2 is 2.08 bits per heavy atom. The Bertz CT molecular complexity index is 670. The van der Waals surface area contributed by atoms with Gasteiger partial charge in [0.15, 0.2) is 5.82 Å². The molecule has 1 atom stereocenters. The van der Waals surface area contributed by atoms with E-state index >= 15 is 0 Å². The smallest absolute Gasteiger partial charge is 0.153 e. The molecule has 0 aliphatic rings. The topological polar surface area (TPSA) is 96.8 Å². The molecule has 6 nitrogen and oxygen atoms in total. The SMILES string of the molecule is C=CC/C=C(\C)C(CC=C)N/C=C(\C=N)c1[nH]nc(NCO)c1C(C)C. The van der Waals surface area contributed by atoms with E-state index in [2.05, 4.69) is 60.8 Å². The molecule has 0 bridgehead atoms. The van der Waals surface area contributed by atoms with Crippen molar-refractivity contribution < 1.29 is 5.11 Å². The lowest BCUT2D eigenvalue weighted by atomic mass is 9.99. The first-order valence-corrected chi connectivity index (χ1v) is 8.78. The van der Waals surface area contributed by atoms with Crippen LogP contribution in [0.2, 0.25) is 0 Å². The van der Waals surface area contributed by atoms with E-state index in [1.165, 1.54) is 11.8 Å². The Morgan fingerprint density at radius 1 is 1.35 bits per heavy atom. The summed E-state index contributed by atoms with van der Waals surface area (Å²) in [5, 5.41) is 30.4. The van der Waals surface area contributed by atoms with Gasteiger partial charge >= 0.3 is 0 Å². The zero-order valence-electron chi connectivity index (χ0n) is 16.0. The molecule has 0 spiro atoms. The van der Waals surface area contributed by atoms with E-state index in [-0.39, 0.29) is 18.7 Å². The molecule has 0 aliphatic carbocycles. The van der Waals surface area contributed by atoms with Gasteiger partial charge in [0.2, 0.25) is 0 Å². The molecular formula is C20H31N5O. The van der Waals surface area contributed by atoms with Crippen LogP contribution in [-0.4, -0.2) is 34.3 Å². The average Bonchev–Trinajstić information content (AvgIpc) is 3.03. The van der Waals surface area contributed by atoms with Gasteiger partial charge in [-0.25, -0.2) is 0 Å². The molecule has 1 heterocycles. The monoisotopic (exact) mass is 357 g/mol. The van der Waals surface area contributed by atoms with E-state index in [0.29, 0.717) is 11.4 Å². The summed E-state index contributed by atoms with van der Waals surface area (Å²) < 4.78 is 0. The van der Waals surface area contributed by atoms with E-state index in [0.717, 1.165) is 24.1 Å². The van der Waals surface area contributed by atoms with Crippen LogP contribution in [0.15, 0.2) is 43.2 Å². The van der Waals surface area contributed by atoms with Crippen LogP contribution in [0.5, 0.6) is 0 Å². The summed E-state index contributed by atoms with van der Waals surface area (Å²) in [5.41, 5.74) is 3.60. The van der Waals surface area contributed by atoms with Crippen LogP contribution in [0.3, 0.4) is 0 Å². The number of aliphatic hydroxyl groups is 1. The molecule has 1 aromatic rings. The Hall–Kier alpha value is -2.60. The molecule has 0 aromatic carbocycles. The quantitative estimate of drug-likeness (QED) is 0.222.